The SMILES string of the molecule is COc1ccccc1NS(=O)(=O)c1cccc(C(=O)NCC#Cc2ccccc2)c1. The van der Waals surface area contributed by atoms with Gasteiger partial charge in [-0.25, -0.2) is 8.42 Å². The van der Waals surface area contributed by atoms with E-state index in [0.717, 1.165) is 5.56 Å². The fraction of sp³-hybridized carbons (Fsp3) is 0.0870. The molecule has 0 spiro atoms. The molecule has 0 aliphatic rings. The van der Waals surface area contributed by atoms with Gasteiger partial charge < -0.3 is 10.1 Å². The number of benzene rings is 3. The van der Waals surface area contributed by atoms with E-state index in [-0.39, 0.29) is 17.0 Å². The molecule has 0 radical (unpaired) electrons. The molecular weight excluding hydrogens is 400 g/mol. The first-order valence-corrected chi connectivity index (χ1v) is 10.6. The highest BCUT2D eigenvalue weighted by molar-refractivity contribution is 7.92. The van der Waals surface area contributed by atoms with E-state index >= 15 is 0 Å². The van der Waals surface area contributed by atoms with Crippen molar-refractivity contribution in [1.82, 2.24) is 5.32 Å². The van der Waals surface area contributed by atoms with Crippen LogP contribution in [-0.4, -0.2) is 28.0 Å². The van der Waals surface area contributed by atoms with E-state index in [4.69, 9.17) is 4.74 Å². The van der Waals surface area contributed by atoms with Crippen LogP contribution in [0, 0.1) is 11.8 Å². The lowest BCUT2D eigenvalue weighted by Crippen LogP contribution is -2.24. The quantitative estimate of drug-likeness (QED) is 0.600. The van der Waals surface area contributed by atoms with Gasteiger partial charge in [-0.15, -0.1) is 0 Å². The fourth-order valence-electron chi connectivity index (χ4n) is 2.63. The first kappa shape index (κ1) is 21.0. The summed E-state index contributed by atoms with van der Waals surface area (Å²) in [7, 11) is -2.44. The number of sulfonamides is 1. The van der Waals surface area contributed by atoms with Gasteiger partial charge in [0.2, 0.25) is 0 Å². The summed E-state index contributed by atoms with van der Waals surface area (Å²) in [6.07, 6.45) is 0. The number of hydrogen-bond donors (Lipinski definition) is 2. The summed E-state index contributed by atoms with van der Waals surface area (Å²) >= 11 is 0. The molecule has 3 aromatic rings. The zero-order valence-electron chi connectivity index (χ0n) is 16.3. The van der Waals surface area contributed by atoms with Crippen LogP contribution in [0.5, 0.6) is 5.75 Å². The summed E-state index contributed by atoms with van der Waals surface area (Å²) in [6, 6.07) is 21.9. The van der Waals surface area contributed by atoms with Gasteiger partial charge in [-0.3, -0.25) is 9.52 Å². The maximum atomic E-state index is 12.7. The number of amides is 1. The molecule has 152 valence electrons. The minimum Gasteiger partial charge on any atom is -0.495 e. The van der Waals surface area contributed by atoms with Crippen molar-refractivity contribution in [2.45, 2.75) is 4.90 Å². The maximum Gasteiger partial charge on any atom is 0.262 e. The number of rotatable bonds is 6. The number of nitrogens with one attached hydrogen (secondary N) is 2. The second-order valence-electron chi connectivity index (χ2n) is 6.18. The van der Waals surface area contributed by atoms with Crippen molar-refractivity contribution < 1.29 is 17.9 Å². The van der Waals surface area contributed by atoms with Crippen molar-refractivity contribution in [3.8, 4) is 17.6 Å². The Morgan fingerprint density at radius 3 is 2.47 bits per heavy atom. The second kappa shape index (κ2) is 9.63. The Hall–Kier alpha value is -3.76. The molecule has 0 heterocycles. The lowest BCUT2D eigenvalue weighted by Gasteiger charge is -2.12. The van der Waals surface area contributed by atoms with Crippen LogP contribution in [-0.2, 0) is 10.0 Å². The normalized spacial score (nSPS) is 10.4. The number of hydrogen-bond acceptors (Lipinski definition) is 4. The van der Waals surface area contributed by atoms with Gasteiger partial charge in [-0.1, -0.05) is 48.2 Å². The highest BCUT2D eigenvalue weighted by Gasteiger charge is 2.18. The molecule has 0 saturated heterocycles. The zero-order chi connectivity index (χ0) is 21.4. The summed E-state index contributed by atoms with van der Waals surface area (Å²) in [4.78, 5) is 12.3. The number of carbonyl (C=O) groups excluding carboxylic acids is 1. The molecule has 0 atom stereocenters. The third-order valence-electron chi connectivity index (χ3n) is 4.10. The minimum absolute atomic E-state index is 0.0311. The first-order chi connectivity index (χ1) is 14.5. The van der Waals surface area contributed by atoms with Gasteiger partial charge in [0.1, 0.15) is 5.75 Å². The van der Waals surface area contributed by atoms with Crippen molar-refractivity contribution in [2.24, 2.45) is 0 Å². The Balaban J connectivity index is 1.70. The van der Waals surface area contributed by atoms with Gasteiger partial charge in [0.15, 0.2) is 0 Å². The van der Waals surface area contributed by atoms with Gasteiger partial charge >= 0.3 is 0 Å². The largest absolute Gasteiger partial charge is 0.495 e. The molecule has 0 aliphatic carbocycles. The van der Waals surface area contributed by atoms with Crippen LogP contribution in [0.4, 0.5) is 5.69 Å². The monoisotopic (exact) mass is 420 g/mol. The third-order valence-corrected chi connectivity index (χ3v) is 5.46. The zero-order valence-corrected chi connectivity index (χ0v) is 17.1. The Labute approximate surface area is 176 Å². The molecule has 0 aromatic heterocycles. The number of ether oxygens (including phenoxy) is 1. The Morgan fingerprint density at radius 1 is 0.967 bits per heavy atom. The molecule has 3 rings (SSSR count). The number of carbonyl (C=O) groups is 1. The van der Waals surface area contributed by atoms with Crippen LogP contribution in [0.2, 0.25) is 0 Å². The van der Waals surface area contributed by atoms with E-state index < -0.39 is 15.9 Å². The predicted octanol–water partition coefficient (Wildman–Crippen LogP) is 3.28. The van der Waals surface area contributed by atoms with Crippen LogP contribution < -0.4 is 14.8 Å². The van der Waals surface area contributed by atoms with Crippen LogP contribution in [0.1, 0.15) is 15.9 Å². The molecule has 0 bridgehead atoms. The molecule has 0 fully saturated rings. The van der Waals surface area contributed by atoms with Crippen molar-refractivity contribution in [3.05, 3.63) is 90.0 Å². The molecule has 7 heteroatoms. The minimum atomic E-state index is -3.90. The van der Waals surface area contributed by atoms with Crippen molar-refractivity contribution >= 4 is 21.6 Å². The van der Waals surface area contributed by atoms with Crippen molar-refractivity contribution in [3.63, 3.8) is 0 Å². The lowest BCUT2D eigenvalue weighted by atomic mass is 10.2. The molecule has 30 heavy (non-hydrogen) atoms. The van der Waals surface area contributed by atoms with Gasteiger partial charge in [0.05, 0.1) is 24.2 Å². The topological polar surface area (TPSA) is 84.5 Å². The highest BCUT2D eigenvalue weighted by atomic mass is 32.2. The fourth-order valence-corrected chi connectivity index (χ4v) is 3.75. The summed E-state index contributed by atoms with van der Waals surface area (Å²) in [5.74, 6) is 5.79. The maximum absolute atomic E-state index is 12.7. The van der Waals surface area contributed by atoms with Crippen molar-refractivity contribution in [1.29, 1.82) is 0 Å². The van der Waals surface area contributed by atoms with E-state index in [1.54, 1.807) is 30.3 Å². The molecule has 6 nitrogen and oxygen atoms in total. The lowest BCUT2D eigenvalue weighted by molar-refractivity contribution is 0.0958. The number of anilines is 1. The smallest absolute Gasteiger partial charge is 0.262 e. The molecule has 0 aliphatic heterocycles. The van der Waals surface area contributed by atoms with E-state index in [1.165, 1.54) is 25.3 Å². The van der Waals surface area contributed by atoms with Gasteiger partial charge in [-0.05, 0) is 42.5 Å². The van der Waals surface area contributed by atoms with E-state index in [0.29, 0.717) is 11.4 Å². The van der Waals surface area contributed by atoms with E-state index in [1.807, 2.05) is 30.3 Å². The van der Waals surface area contributed by atoms with E-state index in [9.17, 15) is 13.2 Å². The van der Waals surface area contributed by atoms with Crippen LogP contribution in [0.25, 0.3) is 0 Å². The molecule has 0 unspecified atom stereocenters. The van der Waals surface area contributed by atoms with Gasteiger partial charge in [0.25, 0.3) is 15.9 Å². The van der Waals surface area contributed by atoms with Gasteiger partial charge in [-0.2, -0.15) is 0 Å². The number of para-hydroxylation sites is 2. The van der Waals surface area contributed by atoms with E-state index in [2.05, 4.69) is 21.9 Å². The molecule has 1 amide bonds. The Kier molecular flexibility index (Phi) is 6.73. The highest BCUT2D eigenvalue weighted by Crippen LogP contribution is 2.26. The second-order valence-corrected chi connectivity index (χ2v) is 7.87. The summed E-state index contributed by atoms with van der Waals surface area (Å²) < 4.78 is 33.1. The molecule has 2 N–H and O–H groups in total. The standard InChI is InChI=1S/C23H20N2O4S/c1-29-22-15-6-5-14-21(22)25-30(27,28)20-13-7-12-19(17-20)23(26)24-16-8-11-18-9-3-2-4-10-18/h2-7,9-10,12-15,17,25H,16H2,1H3,(H,24,26). The van der Waals surface area contributed by atoms with Crippen LogP contribution >= 0.6 is 0 Å². The average molecular weight is 420 g/mol. The summed E-state index contributed by atoms with van der Waals surface area (Å²) in [5.41, 5.74) is 1.38. The van der Waals surface area contributed by atoms with Crippen molar-refractivity contribution in [2.75, 3.05) is 18.4 Å². The summed E-state index contributed by atoms with van der Waals surface area (Å²) in [6.45, 7) is 0.143. The van der Waals surface area contributed by atoms with Gasteiger partial charge in [0, 0.05) is 11.1 Å². The third kappa shape index (κ3) is 5.40. The Bertz CT molecular complexity index is 1200. The number of methoxy groups -OCH3 is 1. The molecule has 3 aromatic carbocycles. The first-order valence-electron chi connectivity index (χ1n) is 9.07. The van der Waals surface area contributed by atoms with Crippen LogP contribution in [0.3, 0.4) is 0 Å². The molecular formula is C23H20N2O4S. The average Bonchev–Trinajstić information content (AvgIpc) is 2.77. The summed E-state index contributed by atoms with van der Waals surface area (Å²) in [5, 5.41) is 2.67. The predicted molar refractivity (Wildman–Crippen MR) is 116 cm³/mol. The molecule has 0 saturated carbocycles. The van der Waals surface area contributed by atoms with Crippen LogP contribution in [0.15, 0.2) is 83.8 Å². The Morgan fingerprint density at radius 2 is 1.70 bits per heavy atom.